The molecule has 0 saturated carbocycles. The van der Waals surface area contributed by atoms with Gasteiger partial charge in [0.25, 0.3) is 5.91 Å². The number of benzene rings is 2. The number of aromatic amines is 1. The third kappa shape index (κ3) is 3.86. The van der Waals surface area contributed by atoms with Gasteiger partial charge in [0.1, 0.15) is 5.69 Å². The Morgan fingerprint density at radius 1 is 1.06 bits per heavy atom. The number of ether oxygens (including phenoxy) is 3. The van der Waals surface area contributed by atoms with Crippen molar-refractivity contribution in [2.75, 3.05) is 34.5 Å². The fraction of sp³-hybridized carbons (Fsp3) is 0.304. The van der Waals surface area contributed by atoms with Crippen LogP contribution in [-0.4, -0.2) is 55.5 Å². The molecule has 1 aliphatic heterocycles. The number of halogens is 1. The van der Waals surface area contributed by atoms with Crippen molar-refractivity contribution in [3.05, 3.63) is 64.3 Å². The summed E-state index contributed by atoms with van der Waals surface area (Å²) in [7, 11) is 4.84. The number of aromatic nitrogens is 2. The number of hydrogen-bond acceptors (Lipinski definition) is 5. The number of carbonyl (C=O) groups is 1. The van der Waals surface area contributed by atoms with Crippen LogP contribution in [0.1, 0.15) is 34.1 Å². The highest BCUT2D eigenvalue weighted by atomic mass is 35.5. The molecule has 0 saturated heterocycles. The van der Waals surface area contributed by atoms with Crippen molar-refractivity contribution in [1.29, 1.82) is 0 Å². The Morgan fingerprint density at radius 3 is 2.48 bits per heavy atom. The molecule has 0 spiro atoms. The van der Waals surface area contributed by atoms with Gasteiger partial charge in [0.2, 0.25) is 0 Å². The Labute approximate surface area is 185 Å². The van der Waals surface area contributed by atoms with Crippen LogP contribution in [-0.2, 0) is 4.74 Å². The Hall–Kier alpha value is -3.03. The van der Waals surface area contributed by atoms with E-state index in [0.29, 0.717) is 41.1 Å². The van der Waals surface area contributed by atoms with Gasteiger partial charge in [0, 0.05) is 36.4 Å². The molecule has 0 aliphatic carbocycles. The highest BCUT2D eigenvalue weighted by molar-refractivity contribution is 6.30. The molecule has 0 radical (unpaired) electrons. The summed E-state index contributed by atoms with van der Waals surface area (Å²) < 4.78 is 16.0. The number of amides is 1. The number of nitrogens with one attached hydrogen (secondary N) is 1. The van der Waals surface area contributed by atoms with Gasteiger partial charge in [0.15, 0.2) is 11.5 Å². The van der Waals surface area contributed by atoms with E-state index < -0.39 is 0 Å². The molecule has 2 aromatic carbocycles. The van der Waals surface area contributed by atoms with Crippen LogP contribution in [0.3, 0.4) is 0 Å². The number of fused-ring (bicyclic) bond motifs is 1. The summed E-state index contributed by atoms with van der Waals surface area (Å²) in [5, 5.41) is 8.10. The highest BCUT2D eigenvalue weighted by Crippen LogP contribution is 2.44. The van der Waals surface area contributed by atoms with E-state index in [9.17, 15) is 4.79 Å². The van der Waals surface area contributed by atoms with Crippen molar-refractivity contribution in [2.24, 2.45) is 0 Å². The largest absolute Gasteiger partial charge is 0.493 e. The van der Waals surface area contributed by atoms with E-state index in [4.69, 9.17) is 25.8 Å². The molecule has 0 bridgehead atoms. The van der Waals surface area contributed by atoms with Crippen LogP contribution in [0.25, 0.3) is 11.3 Å². The maximum atomic E-state index is 13.3. The van der Waals surface area contributed by atoms with E-state index in [-0.39, 0.29) is 11.9 Å². The minimum Gasteiger partial charge on any atom is -0.493 e. The first-order valence-electron chi connectivity index (χ1n) is 9.95. The second-order valence-corrected chi connectivity index (χ2v) is 7.67. The maximum Gasteiger partial charge on any atom is 0.273 e. The molecule has 1 N–H and O–H groups in total. The van der Waals surface area contributed by atoms with Crippen LogP contribution < -0.4 is 9.47 Å². The van der Waals surface area contributed by atoms with Gasteiger partial charge in [-0.05, 0) is 42.3 Å². The van der Waals surface area contributed by atoms with E-state index in [1.807, 2.05) is 47.4 Å². The van der Waals surface area contributed by atoms with Crippen molar-refractivity contribution in [3.63, 3.8) is 0 Å². The molecule has 0 fully saturated rings. The first kappa shape index (κ1) is 21.2. The standard InChI is InChI=1S/C23H24ClN3O4/c1-29-12-4-11-27-22(14-5-8-16(24)9-6-14)19-20(25-26-21(19)23(27)28)15-7-10-17(30-2)18(13-15)31-3/h5-10,13,22H,4,11-12H2,1-3H3,(H,25,26). The predicted octanol–water partition coefficient (Wildman–Crippen LogP) is 4.33. The summed E-state index contributed by atoms with van der Waals surface area (Å²) >= 11 is 6.11. The molecule has 4 rings (SSSR count). The predicted molar refractivity (Wildman–Crippen MR) is 118 cm³/mol. The average molecular weight is 442 g/mol. The number of nitrogens with zero attached hydrogens (tertiary/aromatic N) is 2. The third-order valence-corrected chi connectivity index (χ3v) is 5.71. The second kappa shape index (κ2) is 8.99. The molecule has 1 unspecified atom stereocenters. The van der Waals surface area contributed by atoms with Gasteiger partial charge in [-0.25, -0.2) is 0 Å². The van der Waals surface area contributed by atoms with Crippen LogP contribution in [0.2, 0.25) is 5.02 Å². The minimum absolute atomic E-state index is 0.0784. The van der Waals surface area contributed by atoms with Crippen LogP contribution in [0.5, 0.6) is 11.5 Å². The SMILES string of the molecule is COCCCN1C(=O)c2[nH]nc(-c3ccc(OC)c(OC)c3)c2C1c1ccc(Cl)cc1. The summed E-state index contributed by atoms with van der Waals surface area (Å²) in [4.78, 5) is 15.1. The fourth-order valence-electron chi connectivity index (χ4n) is 4.00. The van der Waals surface area contributed by atoms with Gasteiger partial charge in [-0.1, -0.05) is 23.7 Å². The van der Waals surface area contributed by atoms with Gasteiger partial charge in [-0.2, -0.15) is 5.10 Å². The molecule has 7 nitrogen and oxygen atoms in total. The Morgan fingerprint density at radius 2 is 1.81 bits per heavy atom. The second-order valence-electron chi connectivity index (χ2n) is 7.23. The zero-order chi connectivity index (χ0) is 22.0. The lowest BCUT2D eigenvalue weighted by molar-refractivity contribution is 0.0723. The van der Waals surface area contributed by atoms with Crippen molar-refractivity contribution < 1.29 is 19.0 Å². The number of rotatable bonds is 8. The average Bonchev–Trinajstić information content (AvgIpc) is 3.33. The van der Waals surface area contributed by atoms with E-state index >= 15 is 0 Å². The molecule has 1 atom stereocenters. The van der Waals surface area contributed by atoms with Crippen LogP contribution in [0.15, 0.2) is 42.5 Å². The zero-order valence-corrected chi connectivity index (χ0v) is 18.4. The topological polar surface area (TPSA) is 76.7 Å². The molecular formula is C23H24ClN3O4. The van der Waals surface area contributed by atoms with Crippen molar-refractivity contribution in [1.82, 2.24) is 15.1 Å². The van der Waals surface area contributed by atoms with Crippen molar-refractivity contribution in [3.8, 4) is 22.8 Å². The molecule has 1 aromatic heterocycles. The van der Waals surface area contributed by atoms with E-state index in [0.717, 1.165) is 23.1 Å². The van der Waals surface area contributed by atoms with Crippen molar-refractivity contribution in [2.45, 2.75) is 12.5 Å². The molecule has 3 aromatic rings. The first-order valence-corrected chi connectivity index (χ1v) is 10.3. The lowest BCUT2D eigenvalue weighted by atomic mass is 9.96. The number of H-pyrrole nitrogens is 1. The molecule has 8 heteroatoms. The van der Waals surface area contributed by atoms with Gasteiger partial charge < -0.3 is 19.1 Å². The Bertz CT molecular complexity index is 1080. The monoisotopic (exact) mass is 441 g/mol. The summed E-state index contributed by atoms with van der Waals surface area (Å²) in [5.41, 5.74) is 3.86. The maximum absolute atomic E-state index is 13.3. The highest BCUT2D eigenvalue weighted by Gasteiger charge is 2.41. The Kier molecular flexibility index (Phi) is 6.15. The molecule has 1 aliphatic rings. The summed E-state index contributed by atoms with van der Waals surface area (Å²) in [6.45, 7) is 1.14. The van der Waals surface area contributed by atoms with E-state index in [1.165, 1.54) is 0 Å². The first-order chi connectivity index (χ1) is 15.1. The van der Waals surface area contributed by atoms with Crippen LogP contribution in [0.4, 0.5) is 0 Å². The molecule has 162 valence electrons. The van der Waals surface area contributed by atoms with E-state index in [1.54, 1.807) is 21.3 Å². The van der Waals surface area contributed by atoms with Gasteiger partial charge in [-0.15, -0.1) is 0 Å². The molecular weight excluding hydrogens is 418 g/mol. The number of methoxy groups -OCH3 is 3. The molecule has 31 heavy (non-hydrogen) atoms. The minimum atomic E-state index is -0.279. The molecule has 2 heterocycles. The number of hydrogen-bond donors (Lipinski definition) is 1. The van der Waals surface area contributed by atoms with Crippen molar-refractivity contribution >= 4 is 17.5 Å². The summed E-state index contributed by atoms with van der Waals surface area (Å²) in [6, 6.07) is 12.9. The summed E-state index contributed by atoms with van der Waals surface area (Å²) in [5.74, 6) is 1.15. The Balaban J connectivity index is 1.82. The third-order valence-electron chi connectivity index (χ3n) is 5.45. The summed E-state index contributed by atoms with van der Waals surface area (Å²) in [6.07, 6.45) is 0.732. The van der Waals surface area contributed by atoms with Crippen LogP contribution in [0, 0.1) is 0 Å². The van der Waals surface area contributed by atoms with Gasteiger partial charge in [0.05, 0.1) is 26.0 Å². The zero-order valence-electron chi connectivity index (χ0n) is 17.6. The molecule has 1 amide bonds. The normalized spacial score (nSPS) is 15.3. The van der Waals surface area contributed by atoms with Gasteiger partial charge in [-0.3, -0.25) is 9.89 Å². The van der Waals surface area contributed by atoms with E-state index in [2.05, 4.69) is 10.2 Å². The fourth-order valence-corrected chi connectivity index (χ4v) is 4.13. The lowest BCUT2D eigenvalue weighted by Crippen LogP contribution is -2.31. The quantitative estimate of drug-likeness (QED) is 0.526. The van der Waals surface area contributed by atoms with Crippen LogP contribution >= 0.6 is 11.6 Å². The lowest BCUT2D eigenvalue weighted by Gasteiger charge is -2.26. The van der Waals surface area contributed by atoms with Gasteiger partial charge >= 0.3 is 0 Å². The number of carbonyl (C=O) groups excluding carboxylic acids is 1. The smallest absolute Gasteiger partial charge is 0.273 e.